The predicted molar refractivity (Wildman–Crippen MR) is 130 cm³/mol. The molecule has 2 aliphatic heterocycles. The van der Waals surface area contributed by atoms with E-state index >= 15 is 0 Å². The van der Waals surface area contributed by atoms with E-state index in [1.165, 1.54) is 23.5 Å². The van der Waals surface area contributed by atoms with Crippen LogP contribution in [0.5, 0.6) is 0 Å². The first kappa shape index (κ1) is 25.3. The summed E-state index contributed by atoms with van der Waals surface area (Å²) in [6.07, 6.45) is -4.45. The van der Waals surface area contributed by atoms with Crippen molar-refractivity contribution in [2.75, 3.05) is 39.3 Å². The van der Waals surface area contributed by atoms with E-state index in [4.69, 9.17) is 0 Å². The summed E-state index contributed by atoms with van der Waals surface area (Å²) in [5.41, 5.74) is -0.0157. The van der Waals surface area contributed by atoms with E-state index in [2.05, 4.69) is 9.88 Å². The van der Waals surface area contributed by atoms with Crippen molar-refractivity contribution >= 4 is 23.2 Å². The molecule has 0 spiro atoms. The molecule has 2 aliphatic rings. The number of alkyl halides is 4. The second kappa shape index (κ2) is 10.2. The van der Waals surface area contributed by atoms with Gasteiger partial charge in [0.05, 0.1) is 5.56 Å². The van der Waals surface area contributed by atoms with Crippen LogP contribution >= 0.6 is 11.3 Å². The topological polar surface area (TPSA) is 56.8 Å². The van der Waals surface area contributed by atoms with Crippen LogP contribution in [0.15, 0.2) is 60.1 Å². The fourth-order valence-corrected chi connectivity index (χ4v) is 5.22. The Morgan fingerprint density at radius 2 is 1.46 bits per heavy atom. The van der Waals surface area contributed by atoms with Crippen molar-refractivity contribution in [3.8, 4) is 0 Å². The molecule has 5 rings (SSSR count). The van der Waals surface area contributed by atoms with E-state index in [0.29, 0.717) is 36.8 Å². The summed E-state index contributed by atoms with van der Waals surface area (Å²) in [5, 5.41) is 2.28. The molecule has 194 valence electrons. The molecule has 11 heteroatoms. The number of carbonyl (C=O) groups is 2. The van der Waals surface area contributed by atoms with Crippen molar-refractivity contribution in [3.63, 3.8) is 0 Å². The lowest BCUT2D eigenvalue weighted by Crippen LogP contribution is -2.64. The Morgan fingerprint density at radius 1 is 0.865 bits per heavy atom. The lowest BCUT2D eigenvalue weighted by molar-refractivity contribution is -0.137. The molecule has 37 heavy (non-hydrogen) atoms. The molecular weight excluding hydrogens is 508 g/mol. The number of benzene rings is 2. The molecule has 0 aliphatic carbocycles. The zero-order valence-corrected chi connectivity index (χ0v) is 20.5. The van der Waals surface area contributed by atoms with Crippen LogP contribution in [0, 0.1) is 0 Å². The molecular formula is C26H24F4N4O2S. The molecule has 2 amide bonds. The van der Waals surface area contributed by atoms with Crippen molar-refractivity contribution in [2.45, 2.75) is 18.4 Å². The number of piperazine rings is 1. The molecule has 2 aromatic carbocycles. The summed E-state index contributed by atoms with van der Waals surface area (Å²) >= 11 is 1.33. The number of rotatable bonds is 5. The van der Waals surface area contributed by atoms with Gasteiger partial charge in [0.25, 0.3) is 11.8 Å². The van der Waals surface area contributed by atoms with Crippen LogP contribution in [0.4, 0.5) is 17.6 Å². The molecule has 0 saturated carbocycles. The first-order valence-electron chi connectivity index (χ1n) is 11.8. The summed E-state index contributed by atoms with van der Waals surface area (Å²) in [6.45, 7) is 3.87. The van der Waals surface area contributed by atoms with Crippen molar-refractivity contribution in [3.05, 3.63) is 87.4 Å². The molecule has 3 heterocycles. The van der Waals surface area contributed by atoms with Crippen LogP contribution < -0.4 is 0 Å². The van der Waals surface area contributed by atoms with Crippen LogP contribution in [0.25, 0.3) is 0 Å². The van der Waals surface area contributed by atoms with Gasteiger partial charge in [-0.15, -0.1) is 11.3 Å². The molecule has 0 N–H and O–H groups in total. The summed E-state index contributed by atoms with van der Waals surface area (Å²) in [6, 6.07) is 10.3. The third-order valence-corrected chi connectivity index (χ3v) is 7.62. The number of aromatic nitrogens is 1. The van der Waals surface area contributed by atoms with Gasteiger partial charge < -0.3 is 9.80 Å². The molecule has 0 radical (unpaired) electrons. The molecule has 1 unspecified atom stereocenters. The number of amides is 2. The smallest absolute Gasteiger partial charge is 0.335 e. The Balaban J connectivity index is 1.11. The van der Waals surface area contributed by atoms with Crippen LogP contribution in [0.1, 0.15) is 43.0 Å². The molecule has 3 aromatic rings. The quantitative estimate of drug-likeness (QED) is 0.454. The molecule has 0 bridgehead atoms. The number of nitrogens with zero attached hydrogens (tertiary/aromatic N) is 4. The Hall–Kier alpha value is -3.31. The number of likely N-dealkylation sites (tertiary alicyclic amines) is 1. The number of hydrogen-bond acceptors (Lipinski definition) is 5. The van der Waals surface area contributed by atoms with Crippen molar-refractivity contribution < 1.29 is 27.2 Å². The lowest BCUT2D eigenvalue weighted by atomic mass is 9.99. The average molecular weight is 533 g/mol. The first-order valence-corrected chi connectivity index (χ1v) is 12.7. The summed E-state index contributed by atoms with van der Waals surface area (Å²) in [5.74, 6) is -0.192. The van der Waals surface area contributed by atoms with E-state index in [1.807, 2.05) is 0 Å². The SMILES string of the molecule is O=C(c1ccc(C(F)c2ccc(C(F)(F)F)cc2)cc1)N1CC(N2CCN(C(=O)c3nccs3)CC2)C1. The maximum Gasteiger partial charge on any atom is 0.416 e. The molecule has 2 fully saturated rings. The van der Waals surface area contributed by atoms with Gasteiger partial charge >= 0.3 is 6.18 Å². The molecule has 1 atom stereocenters. The van der Waals surface area contributed by atoms with Gasteiger partial charge in [-0.2, -0.15) is 13.2 Å². The number of hydrogen-bond donors (Lipinski definition) is 0. The van der Waals surface area contributed by atoms with Crippen LogP contribution in [-0.2, 0) is 6.18 Å². The lowest BCUT2D eigenvalue weighted by Gasteiger charge is -2.48. The van der Waals surface area contributed by atoms with E-state index in [9.17, 15) is 27.2 Å². The maximum atomic E-state index is 14.9. The van der Waals surface area contributed by atoms with Gasteiger partial charge in [-0.25, -0.2) is 9.37 Å². The molecule has 1 aromatic heterocycles. The largest absolute Gasteiger partial charge is 0.416 e. The third kappa shape index (κ3) is 5.37. The molecule has 2 saturated heterocycles. The fourth-order valence-electron chi connectivity index (χ4n) is 4.62. The van der Waals surface area contributed by atoms with Crippen molar-refractivity contribution in [2.24, 2.45) is 0 Å². The minimum atomic E-state index is -4.47. The minimum absolute atomic E-state index is 0.0441. The van der Waals surface area contributed by atoms with E-state index < -0.39 is 17.9 Å². The Bertz CT molecular complexity index is 1240. The second-order valence-corrected chi connectivity index (χ2v) is 10.0. The van der Waals surface area contributed by atoms with E-state index in [-0.39, 0.29) is 29.0 Å². The highest BCUT2D eigenvalue weighted by molar-refractivity contribution is 7.11. The summed E-state index contributed by atoms with van der Waals surface area (Å²) < 4.78 is 53.1. The molecule has 6 nitrogen and oxygen atoms in total. The fraction of sp³-hybridized carbons (Fsp3) is 0.346. The zero-order valence-electron chi connectivity index (χ0n) is 19.7. The number of thiazole rings is 1. The standard InChI is InChI=1S/C26H24F4N4O2S/c27-22(18-5-7-20(8-6-18)26(28,29)30)17-1-3-19(4-2-17)24(35)34-15-21(16-34)32-10-12-33(13-11-32)25(36)23-31-9-14-37-23/h1-9,14,21-22H,10-13,15-16H2. The number of halogens is 4. The van der Waals surface area contributed by atoms with Crippen LogP contribution in [0.2, 0.25) is 0 Å². The Kier molecular flexibility index (Phi) is 7.00. The Labute approximate surface area is 215 Å². The maximum absolute atomic E-state index is 14.9. The van der Waals surface area contributed by atoms with E-state index in [0.717, 1.165) is 37.4 Å². The van der Waals surface area contributed by atoms with Gasteiger partial charge in [-0.1, -0.05) is 24.3 Å². The van der Waals surface area contributed by atoms with Crippen LogP contribution in [0.3, 0.4) is 0 Å². The van der Waals surface area contributed by atoms with Gasteiger partial charge in [0, 0.05) is 62.5 Å². The van der Waals surface area contributed by atoms with Crippen molar-refractivity contribution in [1.82, 2.24) is 19.7 Å². The highest BCUT2D eigenvalue weighted by Crippen LogP contribution is 2.32. The predicted octanol–water partition coefficient (Wildman–Crippen LogP) is 4.50. The van der Waals surface area contributed by atoms with Crippen molar-refractivity contribution in [1.29, 1.82) is 0 Å². The van der Waals surface area contributed by atoms with Gasteiger partial charge in [-0.05, 0) is 35.4 Å². The Morgan fingerprint density at radius 3 is 2.00 bits per heavy atom. The first-order chi connectivity index (χ1) is 17.7. The summed E-state index contributed by atoms with van der Waals surface area (Å²) in [7, 11) is 0. The highest BCUT2D eigenvalue weighted by atomic mass is 32.1. The van der Waals surface area contributed by atoms with Gasteiger partial charge in [0.2, 0.25) is 0 Å². The second-order valence-electron chi connectivity index (χ2n) is 9.13. The monoisotopic (exact) mass is 532 g/mol. The highest BCUT2D eigenvalue weighted by Gasteiger charge is 2.37. The minimum Gasteiger partial charge on any atom is -0.335 e. The third-order valence-electron chi connectivity index (χ3n) is 6.86. The van der Waals surface area contributed by atoms with Gasteiger partial charge in [0.15, 0.2) is 11.2 Å². The number of carbonyl (C=O) groups excluding carboxylic acids is 2. The van der Waals surface area contributed by atoms with Gasteiger partial charge in [0.1, 0.15) is 0 Å². The summed E-state index contributed by atoms with van der Waals surface area (Å²) in [4.78, 5) is 35.2. The normalized spacial score (nSPS) is 17.9. The average Bonchev–Trinajstić information content (AvgIpc) is 3.42. The van der Waals surface area contributed by atoms with Gasteiger partial charge in [-0.3, -0.25) is 14.5 Å². The van der Waals surface area contributed by atoms with E-state index in [1.54, 1.807) is 33.5 Å². The zero-order chi connectivity index (χ0) is 26.2. The van der Waals surface area contributed by atoms with Crippen LogP contribution in [-0.4, -0.2) is 76.8 Å².